The van der Waals surface area contributed by atoms with Crippen LogP contribution in [0.5, 0.6) is 5.75 Å². The summed E-state index contributed by atoms with van der Waals surface area (Å²) in [5, 5.41) is 9.88. The number of carbonyl (C=O) groups is 2. The van der Waals surface area contributed by atoms with E-state index in [0.717, 1.165) is 10.6 Å². The van der Waals surface area contributed by atoms with Crippen LogP contribution in [-0.2, 0) is 9.59 Å². The standard InChI is InChI=1S/C20H19ClFN5O3/c1-30-18-7-6-14(8-15(18)21)24-19(28)10-26-20(29)17-9-16(25-27(17)11-23-26)12-2-4-13(22)5-3-12/h2-8,11,16-17,25H,9-10H2,1H3,(H,24,28). The SMILES string of the molecule is COc1ccc(NC(=O)CN2N=CN3NC(c4ccc(F)cc4)CC3C2=O)cc1Cl. The number of ether oxygens (including phenoxy) is 1. The lowest BCUT2D eigenvalue weighted by atomic mass is 10.0. The van der Waals surface area contributed by atoms with Gasteiger partial charge in [-0.15, -0.1) is 0 Å². The van der Waals surface area contributed by atoms with Crippen LogP contribution < -0.4 is 15.5 Å². The normalized spacial score (nSPS) is 20.3. The second-order valence-electron chi connectivity index (χ2n) is 6.92. The summed E-state index contributed by atoms with van der Waals surface area (Å²) in [5.74, 6) is -0.522. The van der Waals surface area contributed by atoms with E-state index in [1.54, 1.807) is 35.3 Å². The smallest absolute Gasteiger partial charge is 0.267 e. The maximum atomic E-state index is 13.2. The molecule has 10 heteroatoms. The molecule has 0 saturated carbocycles. The van der Waals surface area contributed by atoms with Crippen LogP contribution in [0, 0.1) is 5.82 Å². The van der Waals surface area contributed by atoms with Crippen molar-refractivity contribution in [3.05, 3.63) is 58.9 Å². The van der Waals surface area contributed by atoms with E-state index in [1.807, 2.05) is 0 Å². The molecule has 0 bridgehead atoms. The molecule has 4 rings (SSSR count). The van der Waals surface area contributed by atoms with E-state index in [4.69, 9.17) is 16.3 Å². The zero-order chi connectivity index (χ0) is 21.3. The summed E-state index contributed by atoms with van der Waals surface area (Å²) < 4.78 is 18.2. The molecule has 8 nitrogen and oxygen atoms in total. The van der Waals surface area contributed by atoms with Crippen molar-refractivity contribution in [2.45, 2.75) is 18.5 Å². The molecule has 1 saturated heterocycles. The largest absolute Gasteiger partial charge is 0.495 e. The van der Waals surface area contributed by atoms with Crippen LogP contribution in [0.1, 0.15) is 18.0 Å². The van der Waals surface area contributed by atoms with Gasteiger partial charge in [0, 0.05) is 5.69 Å². The van der Waals surface area contributed by atoms with Gasteiger partial charge < -0.3 is 10.1 Å². The van der Waals surface area contributed by atoms with Gasteiger partial charge in [0.1, 0.15) is 30.5 Å². The Morgan fingerprint density at radius 2 is 2.10 bits per heavy atom. The predicted octanol–water partition coefficient (Wildman–Crippen LogP) is 2.53. The molecular formula is C20H19ClFN5O3. The number of nitrogens with one attached hydrogen (secondary N) is 2. The molecule has 2 N–H and O–H groups in total. The average molecular weight is 432 g/mol. The maximum absolute atomic E-state index is 13.2. The Kier molecular flexibility index (Phi) is 5.56. The third-order valence-electron chi connectivity index (χ3n) is 4.96. The van der Waals surface area contributed by atoms with Crippen molar-refractivity contribution in [1.29, 1.82) is 0 Å². The van der Waals surface area contributed by atoms with Crippen molar-refractivity contribution in [2.75, 3.05) is 19.0 Å². The Morgan fingerprint density at radius 3 is 2.80 bits per heavy atom. The lowest BCUT2D eigenvalue weighted by Crippen LogP contribution is -2.52. The minimum atomic E-state index is -0.499. The van der Waals surface area contributed by atoms with Gasteiger partial charge in [0.2, 0.25) is 5.91 Å². The number of halogens is 2. The molecule has 2 aliphatic heterocycles. The van der Waals surface area contributed by atoms with Crippen molar-refractivity contribution in [3.63, 3.8) is 0 Å². The van der Waals surface area contributed by atoms with E-state index in [9.17, 15) is 14.0 Å². The van der Waals surface area contributed by atoms with Gasteiger partial charge in [0.25, 0.3) is 5.91 Å². The number of methoxy groups -OCH3 is 1. The summed E-state index contributed by atoms with van der Waals surface area (Å²) >= 11 is 6.06. The highest BCUT2D eigenvalue weighted by atomic mass is 35.5. The minimum absolute atomic E-state index is 0.152. The number of benzene rings is 2. The summed E-state index contributed by atoms with van der Waals surface area (Å²) in [7, 11) is 1.50. The lowest BCUT2D eigenvalue weighted by Gasteiger charge is -2.29. The van der Waals surface area contributed by atoms with Crippen LogP contribution in [0.2, 0.25) is 5.02 Å². The molecule has 0 aliphatic carbocycles. The molecule has 0 radical (unpaired) electrons. The highest BCUT2D eigenvalue weighted by Gasteiger charge is 2.41. The first-order valence-corrected chi connectivity index (χ1v) is 9.61. The summed E-state index contributed by atoms with van der Waals surface area (Å²) in [6.07, 6.45) is 1.95. The molecule has 156 valence electrons. The van der Waals surface area contributed by atoms with E-state index < -0.39 is 11.9 Å². The van der Waals surface area contributed by atoms with Crippen molar-refractivity contribution in [1.82, 2.24) is 15.4 Å². The second kappa shape index (κ2) is 8.29. The molecule has 2 aliphatic rings. The third-order valence-corrected chi connectivity index (χ3v) is 5.25. The van der Waals surface area contributed by atoms with E-state index in [2.05, 4.69) is 15.8 Å². The van der Waals surface area contributed by atoms with Crippen LogP contribution in [0.25, 0.3) is 0 Å². The van der Waals surface area contributed by atoms with Gasteiger partial charge in [0.15, 0.2) is 0 Å². The van der Waals surface area contributed by atoms with Crippen LogP contribution >= 0.6 is 11.6 Å². The predicted molar refractivity (Wildman–Crippen MR) is 109 cm³/mol. The van der Waals surface area contributed by atoms with Gasteiger partial charge in [-0.05, 0) is 42.3 Å². The monoisotopic (exact) mass is 431 g/mol. The Labute approximate surface area is 177 Å². The summed E-state index contributed by atoms with van der Waals surface area (Å²) in [5.41, 5.74) is 4.53. The van der Waals surface area contributed by atoms with Crippen molar-refractivity contribution >= 4 is 35.4 Å². The number of amides is 2. The summed E-state index contributed by atoms with van der Waals surface area (Å²) in [6.45, 7) is -0.232. The number of anilines is 1. The molecule has 2 heterocycles. The molecule has 2 atom stereocenters. The summed E-state index contributed by atoms with van der Waals surface area (Å²) in [4.78, 5) is 25.2. The number of rotatable bonds is 5. The average Bonchev–Trinajstić information content (AvgIpc) is 3.16. The zero-order valence-electron chi connectivity index (χ0n) is 16.0. The van der Waals surface area contributed by atoms with Gasteiger partial charge in [-0.3, -0.25) is 14.6 Å². The fourth-order valence-corrected chi connectivity index (χ4v) is 3.70. The number of fused-ring (bicyclic) bond motifs is 1. The number of nitrogens with zero attached hydrogens (tertiary/aromatic N) is 3. The number of hydrogen-bond acceptors (Lipinski definition) is 6. The van der Waals surface area contributed by atoms with Crippen LogP contribution in [-0.4, -0.2) is 47.9 Å². The molecule has 1 fully saturated rings. The van der Waals surface area contributed by atoms with Gasteiger partial charge in [-0.25, -0.2) is 14.8 Å². The van der Waals surface area contributed by atoms with E-state index in [-0.39, 0.29) is 24.3 Å². The van der Waals surface area contributed by atoms with E-state index in [0.29, 0.717) is 22.9 Å². The van der Waals surface area contributed by atoms with Gasteiger partial charge in [-0.2, -0.15) is 5.10 Å². The summed E-state index contributed by atoms with van der Waals surface area (Å²) in [6, 6.07) is 10.3. The number of hydrazone groups is 1. The van der Waals surface area contributed by atoms with Gasteiger partial charge in [-0.1, -0.05) is 23.7 Å². The molecule has 2 aromatic rings. The highest BCUT2D eigenvalue weighted by molar-refractivity contribution is 6.32. The third kappa shape index (κ3) is 4.07. The number of hydrogen-bond donors (Lipinski definition) is 2. The topological polar surface area (TPSA) is 86.3 Å². The molecule has 0 spiro atoms. The number of hydrazine groups is 1. The van der Waals surface area contributed by atoms with Crippen molar-refractivity contribution in [3.8, 4) is 5.75 Å². The Morgan fingerprint density at radius 1 is 1.33 bits per heavy atom. The molecule has 2 unspecified atom stereocenters. The molecule has 2 amide bonds. The first kappa shape index (κ1) is 20.1. The Hall–Kier alpha value is -3.17. The minimum Gasteiger partial charge on any atom is -0.495 e. The van der Waals surface area contributed by atoms with Gasteiger partial charge in [0.05, 0.1) is 18.2 Å². The highest BCUT2D eigenvalue weighted by Crippen LogP contribution is 2.30. The Balaban J connectivity index is 1.38. The van der Waals surface area contributed by atoms with Crippen LogP contribution in [0.4, 0.5) is 10.1 Å². The fourth-order valence-electron chi connectivity index (χ4n) is 3.45. The lowest BCUT2D eigenvalue weighted by molar-refractivity contribution is -0.139. The fraction of sp³-hybridized carbons (Fsp3) is 0.250. The second-order valence-corrected chi connectivity index (χ2v) is 7.32. The Bertz CT molecular complexity index is 1000. The maximum Gasteiger partial charge on any atom is 0.267 e. The van der Waals surface area contributed by atoms with E-state index >= 15 is 0 Å². The molecule has 2 aromatic carbocycles. The molecule has 0 aromatic heterocycles. The van der Waals surface area contributed by atoms with Crippen molar-refractivity contribution < 1.29 is 18.7 Å². The first-order valence-electron chi connectivity index (χ1n) is 9.23. The van der Waals surface area contributed by atoms with E-state index in [1.165, 1.54) is 25.6 Å². The quantitative estimate of drug-likeness (QED) is 0.759. The van der Waals surface area contributed by atoms with Crippen LogP contribution in [0.15, 0.2) is 47.6 Å². The van der Waals surface area contributed by atoms with Crippen LogP contribution in [0.3, 0.4) is 0 Å². The van der Waals surface area contributed by atoms with Gasteiger partial charge >= 0.3 is 0 Å². The molecule has 30 heavy (non-hydrogen) atoms. The van der Waals surface area contributed by atoms with Crippen molar-refractivity contribution in [2.24, 2.45) is 5.10 Å². The number of carbonyl (C=O) groups excluding carboxylic acids is 2. The zero-order valence-corrected chi connectivity index (χ0v) is 16.8. The molecular weight excluding hydrogens is 413 g/mol. The first-order chi connectivity index (χ1) is 14.4.